The van der Waals surface area contributed by atoms with Gasteiger partial charge in [-0.15, -0.1) is 22.7 Å². The van der Waals surface area contributed by atoms with Crippen molar-refractivity contribution in [2.75, 3.05) is 0 Å². The van der Waals surface area contributed by atoms with Crippen molar-refractivity contribution in [3.05, 3.63) is 55.1 Å². The molecule has 4 rings (SSSR count). The second-order valence-corrected chi connectivity index (χ2v) is 15.1. The number of unbranched alkanes of at least 4 members (excludes halogenated alkanes) is 10. The summed E-state index contributed by atoms with van der Waals surface area (Å²) in [6.07, 6.45) is 18.1. The van der Waals surface area contributed by atoms with E-state index < -0.39 is 0 Å². The second kappa shape index (κ2) is 15.6. The second-order valence-electron chi connectivity index (χ2n) is 10.3. The van der Waals surface area contributed by atoms with Crippen LogP contribution in [0.1, 0.15) is 102 Å². The third-order valence-corrected chi connectivity index (χ3v) is 10.6. The van der Waals surface area contributed by atoms with E-state index in [1.54, 1.807) is 22.7 Å². The highest BCUT2D eigenvalue weighted by Crippen LogP contribution is 2.38. The topological polar surface area (TPSA) is 25.8 Å². The Morgan fingerprint density at radius 2 is 0.947 bits per heavy atom. The summed E-state index contributed by atoms with van der Waals surface area (Å²) in [6, 6.07) is 13.2. The Morgan fingerprint density at radius 1 is 0.553 bits per heavy atom. The number of hydrogen-bond donors (Lipinski definition) is 0. The molecule has 0 amide bonds. The van der Waals surface area contributed by atoms with E-state index in [0.29, 0.717) is 0 Å². The van der Waals surface area contributed by atoms with E-state index in [1.165, 1.54) is 106 Å². The number of halogens is 2. The molecule has 6 heteroatoms. The Balaban J connectivity index is 1.46. The number of thiophene rings is 2. The number of aryl methyl sites for hydroxylation is 2. The molecule has 4 aromatic rings. The van der Waals surface area contributed by atoms with Gasteiger partial charge in [-0.3, -0.25) is 0 Å². The maximum atomic E-state index is 5.06. The van der Waals surface area contributed by atoms with Crippen LogP contribution in [0.25, 0.3) is 32.2 Å². The van der Waals surface area contributed by atoms with E-state index in [4.69, 9.17) is 9.97 Å². The molecule has 0 aliphatic rings. The van der Waals surface area contributed by atoms with Crippen LogP contribution in [0, 0.1) is 0 Å². The summed E-state index contributed by atoms with van der Waals surface area (Å²) < 4.78 is 2.37. The fourth-order valence-electron chi connectivity index (χ4n) is 5.05. The van der Waals surface area contributed by atoms with Gasteiger partial charge in [-0.1, -0.05) is 78.1 Å². The molecule has 2 nitrogen and oxygen atoms in total. The molecule has 0 aliphatic heterocycles. The first-order chi connectivity index (χ1) is 18.6. The molecule has 0 saturated carbocycles. The van der Waals surface area contributed by atoms with E-state index in [-0.39, 0.29) is 0 Å². The summed E-state index contributed by atoms with van der Waals surface area (Å²) >= 11 is 11.0. The molecule has 0 radical (unpaired) electrons. The predicted octanol–water partition coefficient (Wildman–Crippen LogP) is 12.4. The Bertz CT molecular complexity index is 1190. The summed E-state index contributed by atoms with van der Waals surface area (Å²) in [6.45, 7) is 4.55. The number of rotatable bonds is 16. The number of fused-ring (bicyclic) bond motifs is 1. The van der Waals surface area contributed by atoms with Gasteiger partial charge in [-0.2, -0.15) is 0 Å². The van der Waals surface area contributed by atoms with E-state index in [2.05, 4.69) is 82.1 Å². The Hall–Kier alpha value is -1.08. The fraction of sp³-hybridized carbons (Fsp3) is 0.500. The SMILES string of the molecule is CCCCCCCCc1cc(Br)sc1-c1ccc2nc(-c3sc(Br)cc3CCCCCCCC)ccc2n1. The Kier molecular flexibility index (Phi) is 12.3. The quantitative estimate of drug-likeness (QED) is 0.110. The van der Waals surface area contributed by atoms with Gasteiger partial charge < -0.3 is 0 Å². The number of nitrogens with zero attached hydrogens (tertiary/aromatic N) is 2. The van der Waals surface area contributed by atoms with Crippen LogP contribution in [-0.4, -0.2) is 9.97 Å². The molecule has 0 aromatic carbocycles. The first kappa shape index (κ1) is 29.9. The zero-order valence-corrected chi connectivity index (χ0v) is 27.6. The van der Waals surface area contributed by atoms with Crippen molar-refractivity contribution in [2.45, 2.75) is 104 Å². The molecule has 0 unspecified atom stereocenters. The maximum absolute atomic E-state index is 5.06. The standard InChI is InChI=1S/C32H40Br2N2S2/c1-3-5-7-9-11-13-15-23-21-29(33)37-31(23)27-19-17-26-25(35-27)18-20-28(36-26)32-24(22-30(34)38-32)16-14-12-10-8-6-4-2/h17-22H,3-16H2,1-2H3. The molecule has 0 spiro atoms. The molecule has 0 fully saturated rings. The molecule has 0 saturated heterocycles. The predicted molar refractivity (Wildman–Crippen MR) is 176 cm³/mol. The van der Waals surface area contributed by atoms with Crippen LogP contribution in [0.15, 0.2) is 44.0 Å². The fourth-order valence-corrected chi connectivity index (χ4v) is 8.39. The van der Waals surface area contributed by atoms with Crippen LogP contribution in [-0.2, 0) is 12.8 Å². The van der Waals surface area contributed by atoms with Crippen molar-refractivity contribution in [3.8, 4) is 21.1 Å². The minimum Gasteiger partial charge on any atom is -0.245 e. The average Bonchev–Trinajstić information content (AvgIpc) is 3.49. The molecule has 38 heavy (non-hydrogen) atoms. The first-order valence-electron chi connectivity index (χ1n) is 14.4. The van der Waals surface area contributed by atoms with Gasteiger partial charge in [0.25, 0.3) is 0 Å². The smallest absolute Gasteiger partial charge is 0.0895 e. The lowest BCUT2D eigenvalue weighted by atomic mass is 10.0. The summed E-state index contributed by atoms with van der Waals surface area (Å²) in [5.74, 6) is 0. The van der Waals surface area contributed by atoms with Gasteiger partial charge in [0.2, 0.25) is 0 Å². The lowest BCUT2D eigenvalue weighted by Gasteiger charge is -2.07. The van der Waals surface area contributed by atoms with Crippen molar-refractivity contribution < 1.29 is 0 Å². The van der Waals surface area contributed by atoms with Gasteiger partial charge in [-0.25, -0.2) is 9.97 Å². The number of hydrogen-bond acceptors (Lipinski definition) is 4. The van der Waals surface area contributed by atoms with Crippen molar-refractivity contribution in [2.24, 2.45) is 0 Å². The van der Waals surface area contributed by atoms with Crippen molar-refractivity contribution in [1.82, 2.24) is 9.97 Å². The molecule has 4 heterocycles. The van der Waals surface area contributed by atoms with Crippen LogP contribution in [0.2, 0.25) is 0 Å². The highest BCUT2D eigenvalue weighted by molar-refractivity contribution is 9.11. The molecule has 0 bridgehead atoms. The zero-order valence-electron chi connectivity index (χ0n) is 22.8. The lowest BCUT2D eigenvalue weighted by molar-refractivity contribution is 0.608. The molecule has 204 valence electrons. The molecular formula is C32H40Br2N2S2. The maximum Gasteiger partial charge on any atom is 0.0895 e. The van der Waals surface area contributed by atoms with Gasteiger partial charge in [-0.05, 0) is 105 Å². The first-order valence-corrected chi connectivity index (χ1v) is 17.7. The normalized spacial score (nSPS) is 11.6. The summed E-state index contributed by atoms with van der Waals surface area (Å²) in [4.78, 5) is 12.7. The summed E-state index contributed by atoms with van der Waals surface area (Å²) in [5, 5.41) is 0. The Labute approximate surface area is 254 Å². The largest absolute Gasteiger partial charge is 0.245 e. The third-order valence-electron chi connectivity index (χ3n) is 7.16. The summed E-state index contributed by atoms with van der Waals surface area (Å²) in [7, 11) is 0. The van der Waals surface area contributed by atoms with Crippen molar-refractivity contribution in [1.29, 1.82) is 0 Å². The van der Waals surface area contributed by atoms with E-state index in [9.17, 15) is 0 Å². The van der Waals surface area contributed by atoms with Crippen molar-refractivity contribution in [3.63, 3.8) is 0 Å². The van der Waals surface area contributed by atoms with Gasteiger partial charge in [0.05, 0.1) is 39.7 Å². The van der Waals surface area contributed by atoms with Crippen LogP contribution >= 0.6 is 54.5 Å². The zero-order chi connectivity index (χ0) is 26.7. The summed E-state index contributed by atoms with van der Waals surface area (Å²) in [5.41, 5.74) is 6.88. The molecule has 0 aliphatic carbocycles. The minimum absolute atomic E-state index is 0.967. The molecule has 0 atom stereocenters. The van der Waals surface area contributed by atoms with Crippen LogP contribution in [0.4, 0.5) is 0 Å². The van der Waals surface area contributed by atoms with Gasteiger partial charge in [0.15, 0.2) is 0 Å². The van der Waals surface area contributed by atoms with E-state index >= 15 is 0 Å². The molecule has 0 N–H and O–H groups in total. The number of pyridine rings is 2. The van der Waals surface area contributed by atoms with Crippen LogP contribution in [0.5, 0.6) is 0 Å². The molecular weight excluding hydrogens is 636 g/mol. The van der Waals surface area contributed by atoms with Gasteiger partial charge >= 0.3 is 0 Å². The van der Waals surface area contributed by atoms with Crippen molar-refractivity contribution >= 4 is 65.6 Å². The highest BCUT2D eigenvalue weighted by atomic mass is 79.9. The van der Waals surface area contributed by atoms with Crippen LogP contribution in [0.3, 0.4) is 0 Å². The Morgan fingerprint density at radius 3 is 1.37 bits per heavy atom. The minimum atomic E-state index is 0.967. The van der Waals surface area contributed by atoms with Crippen LogP contribution < -0.4 is 0 Å². The van der Waals surface area contributed by atoms with Gasteiger partial charge in [0, 0.05) is 0 Å². The number of aromatic nitrogens is 2. The average molecular weight is 677 g/mol. The highest BCUT2D eigenvalue weighted by Gasteiger charge is 2.15. The van der Waals surface area contributed by atoms with Gasteiger partial charge in [0.1, 0.15) is 0 Å². The van der Waals surface area contributed by atoms with E-state index in [0.717, 1.165) is 35.3 Å². The molecule has 4 aromatic heterocycles. The monoisotopic (exact) mass is 674 g/mol. The van der Waals surface area contributed by atoms with E-state index in [1.807, 2.05) is 0 Å². The lowest BCUT2D eigenvalue weighted by Crippen LogP contribution is -1.92. The third kappa shape index (κ3) is 8.46.